The second-order valence-corrected chi connectivity index (χ2v) is 7.46. The van der Waals surface area contributed by atoms with Crippen LogP contribution in [0, 0.1) is 5.82 Å². The molecule has 1 aliphatic heterocycles. The molecule has 27 heavy (non-hydrogen) atoms. The molecule has 1 fully saturated rings. The summed E-state index contributed by atoms with van der Waals surface area (Å²) in [4.78, 5) is 38.7. The van der Waals surface area contributed by atoms with E-state index < -0.39 is 5.82 Å². The highest BCUT2D eigenvalue weighted by Crippen LogP contribution is 2.17. The lowest BCUT2D eigenvalue weighted by molar-refractivity contribution is -0.122. The lowest BCUT2D eigenvalue weighted by atomic mass is 10.0. The summed E-state index contributed by atoms with van der Waals surface area (Å²) in [7, 11) is 0. The molecule has 0 bridgehead atoms. The van der Waals surface area contributed by atoms with Crippen LogP contribution in [0.3, 0.4) is 0 Å². The quantitative estimate of drug-likeness (QED) is 0.773. The van der Waals surface area contributed by atoms with Gasteiger partial charge in [0.25, 0.3) is 5.91 Å². The van der Waals surface area contributed by atoms with Crippen molar-refractivity contribution in [3.63, 3.8) is 0 Å². The first-order chi connectivity index (χ1) is 13.0. The molecule has 2 heterocycles. The summed E-state index contributed by atoms with van der Waals surface area (Å²) in [6, 6.07) is 9.49. The molecule has 1 saturated heterocycles. The van der Waals surface area contributed by atoms with Crippen LogP contribution in [-0.4, -0.2) is 41.6 Å². The van der Waals surface area contributed by atoms with Crippen LogP contribution in [0.2, 0.25) is 0 Å². The molecule has 0 spiro atoms. The van der Waals surface area contributed by atoms with Crippen molar-refractivity contribution in [1.82, 2.24) is 10.2 Å². The Bertz CT molecular complexity index is 814. The number of hydrogen-bond acceptors (Lipinski definition) is 4. The van der Waals surface area contributed by atoms with Gasteiger partial charge in [0, 0.05) is 32.0 Å². The number of ketones is 1. The van der Waals surface area contributed by atoms with Gasteiger partial charge in [-0.25, -0.2) is 4.39 Å². The third-order valence-electron chi connectivity index (χ3n) is 4.63. The van der Waals surface area contributed by atoms with E-state index in [9.17, 15) is 18.8 Å². The van der Waals surface area contributed by atoms with Crippen molar-refractivity contribution in [3.8, 4) is 0 Å². The summed E-state index contributed by atoms with van der Waals surface area (Å²) >= 11 is 1.38. The fraction of sp³-hybridized carbons (Fsp3) is 0.350. The van der Waals surface area contributed by atoms with Crippen LogP contribution in [0.25, 0.3) is 0 Å². The molecule has 0 radical (unpaired) electrons. The Morgan fingerprint density at radius 1 is 1.07 bits per heavy atom. The van der Waals surface area contributed by atoms with E-state index in [4.69, 9.17) is 0 Å². The van der Waals surface area contributed by atoms with Crippen LogP contribution in [0.15, 0.2) is 41.8 Å². The number of carbonyl (C=O) groups is 3. The smallest absolute Gasteiger partial charge is 0.256 e. The van der Waals surface area contributed by atoms with Gasteiger partial charge in [-0.15, -0.1) is 11.3 Å². The molecule has 0 aliphatic carbocycles. The molecule has 0 unspecified atom stereocenters. The molecule has 3 rings (SSSR count). The van der Waals surface area contributed by atoms with Crippen LogP contribution in [0.4, 0.5) is 4.39 Å². The van der Waals surface area contributed by atoms with Crippen LogP contribution in [0.1, 0.15) is 45.7 Å². The van der Waals surface area contributed by atoms with Crippen molar-refractivity contribution in [3.05, 3.63) is 58.0 Å². The van der Waals surface area contributed by atoms with Crippen molar-refractivity contribution in [2.24, 2.45) is 0 Å². The molecule has 2 amide bonds. The van der Waals surface area contributed by atoms with Gasteiger partial charge in [-0.3, -0.25) is 14.4 Å². The number of rotatable bonds is 6. The van der Waals surface area contributed by atoms with E-state index in [1.807, 2.05) is 11.4 Å². The predicted molar refractivity (Wildman–Crippen MR) is 101 cm³/mol. The van der Waals surface area contributed by atoms with Crippen LogP contribution in [-0.2, 0) is 4.79 Å². The number of Topliss-reactive ketones (excluding diaryl/α,β-unsaturated/α-hetero) is 1. The maximum atomic E-state index is 13.8. The minimum Gasteiger partial charge on any atom is -0.353 e. The summed E-state index contributed by atoms with van der Waals surface area (Å²) in [6.07, 6.45) is 1.58. The molecule has 2 aromatic rings. The number of nitrogens with one attached hydrogen (secondary N) is 1. The van der Waals surface area contributed by atoms with E-state index in [2.05, 4.69) is 5.32 Å². The van der Waals surface area contributed by atoms with Gasteiger partial charge in [0.2, 0.25) is 5.91 Å². The summed E-state index contributed by atoms with van der Waals surface area (Å²) in [5.74, 6) is -1.02. The largest absolute Gasteiger partial charge is 0.353 e. The summed E-state index contributed by atoms with van der Waals surface area (Å²) in [5, 5.41) is 4.77. The van der Waals surface area contributed by atoms with Crippen molar-refractivity contribution in [1.29, 1.82) is 0 Å². The average molecular weight is 388 g/mol. The highest BCUT2D eigenvalue weighted by atomic mass is 32.1. The van der Waals surface area contributed by atoms with Gasteiger partial charge < -0.3 is 10.2 Å². The predicted octanol–water partition coefficient (Wildman–Crippen LogP) is 3.27. The fourth-order valence-electron chi connectivity index (χ4n) is 3.12. The van der Waals surface area contributed by atoms with Crippen LogP contribution >= 0.6 is 11.3 Å². The number of halogens is 1. The third kappa shape index (κ3) is 5.01. The van der Waals surface area contributed by atoms with Crippen molar-refractivity contribution < 1.29 is 18.8 Å². The van der Waals surface area contributed by atoms with E-state index in [0.717, 1.165) is 0 Å². The number of carbonyl (C=O) groups excluding carboxylic acids is 3. The first-order valence-corrected chi connectivity index (χ1v) is 9.82. The minimum absolute atomic E-state index is 0.0227. The van der Waals surface area contributed by atoms with Gasteiger partial charge in [-0.2, -0.15) is 0 Å². The first kappa shape index (κ1) is 19.2. The topological polar surface area (TPSA) is 66.5 Å². The van der Waals surface area contributed by atoms with Crippen molar-refractivity contribution in [2.75, 3.05) is 13.1 Å². The van der Waals surface area contributed by atoms with Gasteiger partial charge in [-0.05, 0) is 36.4 Å². The number of hydrogen-bond donors (Lipinski definition) is 1. The molecule has 7 heteroatoms. The number of nitrogens with zero attached hydrogens (tertiary/aromatic N) is 1. The fourth-order valence-corrected chi connectivity index (χ4v) is 3.81. The molecule has 5 nitrogen and oxygen atoms in total. The zero-order chi connectivity index (χ0) is 19.2. The number of thiophene rings is 1. The molecule has 142 valence electrons. The van der Waals surface area contributed by atoms with Crippen molar-refractivity contribution >= 4 is 28.9 Å². The molecule has 1 N–H and O–H groups in total. The Hall–Kier alpha value is -2.54. The van der Waals surface area contributed by atoms with Gasteiger partial charge >= 0.3 is 0 Å². The Morgan fingerprint density at radius 2 is 1.81 bits per heavy atom. The summed E-state index contributed by atoms with van der Waals surface area (Å²) in [5.41, 5.74) is 0.0760. The molecule has 1 aliphatic rings. The SMILES string of the molecule is O=C(CCC(=O)c1cccs1)NC1CCN(C(=O)c2ccccc2F)CC1. The van der Waals surface area contributed by atoms with Gasteiger partial charge in [0.15, 0.2) is 5.78 Å². The van der Waals surface area contributed by atoms with Gasteiger partial charge in [0.05, 0.1) is 10.4 Å². The van der Waals surface area contributed by atoms with Crippen molar-refractivity contribution in [2.45, 2.75) is 31.7 Å². The molecule has 1 aromatic heterocycles. The lowest BCUT2D eigenvalue weighted by Crippen LogP contribution is -2.46. The van der Waals surface area contributed by atoms with E-state index in [1.165, 1.54) is 23.5 Å². The molecular formula is C20H21FN2O3S. The van der Waals surface area contributed by atoms with E-state index in [-0.39, 0.29) is 42.0 Å². The van der Waals surface area contributed by atoms with E-state index >= 15 is 0 Å². The lowest BCUT2D eigenvalue weighted by Gasteiger charge is -2.32. The third-order valence-corrected chi connectivity index (χ3v) is 5.54. The maximum absolute atomic E-state index is 13.8. The summed E-state index contributed by atoms with van der Waals surface area (Å²) in [6.45, 7) is 0.929. The van der Waals surface area contributed by atoms with Crippen LogP contribution in [0.5, 0.6) is 0 Å². The Morgan fingerprint density at radius 3 is 2.48 bits per heavy atom. The number of benzene rings is 1. The Balaban J connectivity index is 1.42. The number of amides is 2. The zero-order valence-electron chi connectivity index (χ0n) is 14.8. The van der Waals surface area contributed by atoms with E-state index in [1.54, 1.807) is 23.1 Å². The molecular weight excluding hydrogens is 367 g/mol. The molecule has 0 atom stereocenters. The highest BCUT2D eigenvalue weighted by Gasteiger charge is 2.26. The second kappa shape index (κ2) is 8.90. The minimum atomic E-state index is -0.520. The Labute approximate surface area is 161 Å². The normalized spacial score (nSPS) is 14.8. The number of likely N-dealkylation sites (tertiary alicyclic amines) is 1. The standard InChI is InChI=1S/C20H21FN2O3S/c21-16-5-2-1-4-15(16)20(26)23-11-9-14(10-12-23)22-19(25)8-7-17(24)18-6-3-13-27-18/h1-6,13-14H,7-12H2,(H,22,25). The monoisotopic (exact) mass is 388 g/mol. The first-order valence-electron chi connectivity index (χ1n) is 8.94. The summed E-state index contributed by atoms with van der Waals surface area (Å²) < 4.78 is 13.8. The second-order valence-electron chi connectivity index (χ2n) is 6.51. The van der Waals surface area contributed by atoms with Gasteiger partial charge in [0.1, 0.15) is 5.82 Å². The highest BCUT2D eigenvalue weighted by molar-refractivity contribution is 7.12. The molecule has 1 aromatic carbocycles. The molecule has 0 saturated carbocycles. The zero-order valence-corrected chi connectivity index (χ0v) is 15.6. The average Bonchev–Trinajstić information content (AvgIpc) is 3.21. The van der Waals surface area contributed by atoms with Crippen LogP contribution < -0.4 is 5.32 Å². The number of piperidine rings is 1. The van der Waals surface area contributed by atoms with Gasteiger partial charge in [-0.1, -0.05) is 18.2 Å². The Kier molecular flexibility index (Phi) is 6.34. The van der Waals surface area contributed by atoms with E-state index in [0.29, 0.717) is 30.8 Å². The maximum Gasteiger partial charge on any atom is 0.256 e.